The first-order valence-corrected chi connectivity index (χ1v) is 6.29. The van der Waals surface area contributed by atoms with E-state index in [1.807, 2.05) is 0 Å². The van der Waals surface area contributed by atoms with Crippen molar-refractivity contribution < 1.29 is 37.0 Å². The van der Waals surface area contributed by atoms with E-state index in [4.69, 9.17) is 5.11 Å². The van der Waals surface area contributed by atoms with Gasteiger partial charge in [-0.2, -0.15) is 13.2 Å². The van der Waals surface area contributed by atoms with Crippen molar-refractivity contribution in [2.24, 2.45) is 0 Å². The maximum absolute atomic E-state index is 13.3. The van der Waals surface area contributed by atoms with Crippen LogP contribution in [0, 0.1) is 11.6 Å². The number of benzene rings is 1. The van der Waals surface area contributed by atoms with Gasteiger partial charge in [0.05, 0.1) is 6.04 Å². The first kappa shape index (κ1) is 16.5. The number of aliphatic hydroxyl groups is 1. The number of amides is 1. The third kappa shape index (κ3) is 2.85. The fourth-order valence-electron chi connectivity index (χ4n) is 2.50. The van der Waals surface area contributed by atoms with Crippen LogP contribution in [0.25, 0.3) is 0 Å². The van der Waals surface area contributed by atoms with Crippen molar-refractivity contribution in [1.82, 2.24) is 4.90 Å². The second kappa shape index (κ2) is 5.38. The average Bonchev–Trinajstić information content (AvgIpc) is 2.40. The van der Waals surface area contributed by atoms with Gasteiger partial charge in [-0.25, -0.2) is 13.6 Å². The minimum atomic E-state index is -4.95. The molecule has 122 valence electrons. The van der Waals surface area contributed by atoms with Crippen LogP contribution < -0.4 is 0 Å². The molecular weight excluding hydrogens is 313 g/mol. The van der Waals surface area contributed by atoms with Gasteiger partial charge in [-0.1, -0.05) is 6.07 Å². The maximum Gasteiger partial charge on any atom is 0.417 e. The summed E-state index contributed by atoms with van der Waals surface area (Å²) in [5, 5.41) is 18.8. The highest BCUT2D eigenvalue weighted by atomic mass is 19.4. The summed E-state index contributed by atoms with van der Waals surface area (Å²) in [6.07, 6.45) is -8.25. The molecule has 22 heavy (non-hydrogen) atoms. The largest absolute Gasteiger partial charge is 0.465 e. The smallest absolute Gasteiger partial charge is 0.417 e. The number of halogens is 5. The Morgan fingerprint density at radius 1 is 1.27 bits per heavy atom. The molecule has 0 bridgehead atoms. The van der Waals surface area contributed by atoms with Crippen molar-refractivity contribution in [2.45, 2.75) is 30.7 Å². The molecule has 2 N–H and O–H groups in total. The van der Waals surface area contributed by atoms with E-state index in [2.05, 4.69) is 0 Å². The van der Waals surface area contributed by atoms with E-state index < -0.39 is 54.9 Å². The molecule has 2 rings (SSSR count). The van der Waals surface area contributed by atoms with Crippen molar-refractivity contribution in [1.29, 1.82) is 0 Å². The Balaban J connectivity index is 2.41. The third-order valence-corrected chi connectivity index (χ3v) is 3.78. The fraction of sp³-hybridized carbons (Fsp3) is 0.462. The summed E-state index contributed by atoms with van der Waals surface area (Å²) in [6.45, 7) is -0.574. The second-order valence-electron chi connectivity index (χ2n) is 5.15. The van der Waals surface area contributed by atoms with Gasteiger partial charge in [0, 0.05) is 19.4 Å². The second-order valence-corrected chi connectivity index (χ2v) is 5.15. The molecule has 1 aliphatic rings. The van der Waals surface area contributed by atoms with E-state index in [-0.39, 0.29) is 5.56 Å². The molecule has 1 aliphatic heterocycles. The monoisotopic (exact) mass is 325 g/mol. The van der Waals surface area contributed by atoms with Crippen LogP contribution in [0.3, 0.4) is 0 Å². The van der Waals surface area contributed by atoms with Gasteiger partial charge in [0.25, 0.3) is 0 Å². The molecule has 1 fully saturated rings. The summed E-state index contributed by atoms with van der Waals surface area (Å²) in [5.41, 5.74) is -3.22. The number of rotatable bonds is 1. The first-order chi connectivity index (χ1) is 10.0. The maximum atomic E-state index is 13.3. The lowest BCUT2D eigenvalue weighted by Crippen LogP contribution is -2.55. The number of nitrogens with zero attached hydrogens (tertiary/aromatic N) is 1. The van der Waals surface area contributed by atoms with E-state index in [1.54, 1.807) is 0 Å². The van der Waals surface area contributed by atoms with Gasteiger partial charge in [0.15, 0.2) is 17.2 Å². The Bertz CT molecular complexity index is 592. The van der Waals surface area contributed by atoms with Crippen LogP contribution in [-0.2, 0) is 0 Å². The summed E-state index contributed by atoms with van der Waals surface area (Å²) in [5.74, 6) is -2.50. The zero-order chi connectivity index (χ0) is 16.7. The van der Waals surface area contributed by atoms with Gasteiger partial charge in [-0.05, 0) is 17.7 Å². The highest BCUT2D eigenvalue weighted by molar-refractivity contribution is 5.66. The molecular formula is C13H12F5NO3. The van der Waals surface area contributed by atoms with Crippen LogP contribution in [-0.4, -0.2) is 39.5 Å². The third-order valence-electron chi connectivity index (χ3n) is 3.78. The molecule has 1 aromatic rings. The zero-order valence-corrected chi connectivity index (χ0v) is 11.1. The van der Waals surface area contributed by atoms with E-state index in [9.17, 15) is 31.9 Å². The van der Waals surface area contributed by atoms with E-state index in [0.717, 1.165) is 6.07 Å². The lowest BCUT2D eigenvalue weighted by atomic mass is 9.83. The van der Waals surface area contributed by atoms with Gasteiger partial charge in [0.2, 0.25) is 0 Å². The van der Waals surface area contributed by atoms with E-state index in [1.165, 1.54) is 0 Å². The number of alkyl halides is 3. The Morgan fingerprint density at radius 2 is 1.91 bits per heavy atom. The summed E-state index contributed by atoms with van der Waals surface area (Å²) in [6, 6.07) is 0.915. The first-order valence-electron chi connectivity index (χ1n) is 6.29. The van der Waals surface area contributed by atoms with E-state index >= 15 is 0 Å². The molecule has 1 saturated heterocycles. The molecule has 2 unspecified atom stereocenters. The topological polar surface area (TPSA) is 60.8 Å². The number of carboxylic acid groups (broad SMARTS) is 1. The minimum Gasteiger partial charge on any atom is -0.465 e. The number of hydrogen-bond acceptors (Lipinski definition) is 2. The number of hydrogen-bond donors (Lipinski definition) is 2. The molecule has 4 nitrogen and oxygen atoms in total. The Kier molecular flexibility index (Phi) is 4.03. The van der Waals surface area contributed by atoms with Crippen LogP contribution in [0.5, 0.6) is 0 Å². The molecule has 1 heterocycles. The normalized spacial score (nSPS) is 26.1. The predicted octanol–water partition coefficient (Wildman–Crippen LogP) is 3.07. The summed E-state index contributed by atoms with van der Waals surface area (Å²) >= 11 is 0. The number of carbonyl (C=O) groups is 1. The van der Waals surface area contributed by atoms with Crippen molar-refractivity contribution in [2.75, 3.05) is 6.54 Å². The Hall–Kier alpha value is -1.90. The molecule has 0 radical (unpaired) electrons. The predicted molar refractivity (Wildman–Crippen MR) is 64.1 cm³/mol. The van der Waals surface area contributed by atoms with E-state index in [0.29, 0.717) is 17.0 Å². The van der Waals surface area contributed by atoms with Crippen LogP contribution in [0.1, 0.15) is 24.4 Å². The van der Waals surface area contributed by atoms with Crippen molar-refractivity contribution in [3.63, 3.8) is 0 Å². The van der Waals surface area contributed by atoms with Gasteiger partial charge in [0.1, 0.15) is 0 Å². The molecule has 1 aromatic carbocycles. The van der Waals surface area contributed by atoms with Crippen molar-refractivity contribution in [3.05, 3.63) is 35.4 Å². The number of piperidine rings is 1. The minimum absolute atomic E-state index is 0.149. The molecule has 0 saturated carbocycles. The highest BCUT2D eigenvalue weighted by Gasteiger charge is 2.57. The SMILES string of the molecule is O=C(O)N1CCC(O)(C(F)(F)F)CC1c1ccc(F)c(F)c1. The van der Waals surface area contributed by atoms with Gasteiger partial charge >= 0.3 is 12.3 Å². The van der Waals surface area contributed by atoms with Gasteiger partial charge < -0.3 is 15.1 Å². The fourth-order valence-corrected chi connectivity index (χ4v) is 2.50. The molecule has 1 amide bonds. The average molecular weight is 325 g/mol. The lowest BCUT2D eigenvalue weighted by molar-refractivity contribution is -0.276. The van der Waals surface area contributed by atoms with Gasteiger partial charge in [-0.3, -0.25) is 0 Å². The summed E-state index contributed by atoms with van der Waals surface area (Å²) in [7, 11) is 0. The summed E-state index contributed by atoms with van der Waals surface area (Å²) in [4.78, 5) is 11.8. The Labute approximate surface area is 121 Å². The molecule has 0 aliphatic carbocycles. The number of likely N-dealkylation sites (tertiary alicyclic amines) is 1. The van der Waals surface area contributed by atoms with Crippen LogP contribution >= 0.6 is 0 Å². The quantitative estimate of drug-likeness (QED) is 0.780. The summed E-state index contributed by atoms with van der Waals surface area (Å²) < 4.78 is 65.0. The van der Waals surface area contributed by atoms with Crippen molar-refractivity contribution in [3.8, 4) is 0 Å². The van der Waals surface area contributed by atoms with Crippen LogP contribution in [0.2, 0.25) is 0 Å². The molecule has 9 heteroatoms. The van der Waals surface area contributed by atoms with Crippen LogP contribution in [0.15, 0.2) is 18.2 Å². The van der Waals surface area contributed by atoms with Crippen LogP contribution in [0.4, 0.5) is 26.7 Å². The lowest BCUT2D eigenvalue weighted by Gasteiger charge is -2.43. The zero-order valence-electron chi connectivity index (χ0n) is 11.1. The highest BCUT2D eigenvalue weighted by Crippen LogP contribution is 2.45. The standard InChI is InChI=1S/C13H12F5NO3/c14-8-2-1-7(5-9(8)15)10-6-12(22,13(16,17)18)3-4-19(10)11(20)21/h1-2,5,10,22H,3-4,6H2,(H,20,21). The van der Waals surface area contributed by atoms with Crippen molar-refractivity contribution >= 4 is 6.09 Å². The molecule has 0 spiro atoms. The van der Waals surface area contributed by atoms with Gasteiger partial charge in [-0.15, -0.1) is 0 Å². The molecule has 2 atom stereocenters. The molecule has 0 aromatic heterocycles. The Morgan fingerprint density at radius 3 is 2.41 bits per heavy atom.